The summed E-state index contributed by atoms with van der Waals surface area (Å²) in [6, 6.07) is 0. The van der Waals surface area contributed by atoms with Gasteiger partial charge in [0, 0.05) is 0 Å². The molecule has 4 heteroatoms. The Hall–Kier alpha value is -0.350. The summed E-state index contributed by atoms with van der Waals surface area (Å²) in [7, 11) is -3.79. The van der Waals surface area contributed by atoms with E-state index in [0.29, 0.717) is 12.3 Å². The van der Waals surface area contributed by atoms with Crippen LogP contribution >= 0.6 is 0 Å². The molecule has 0 radical (unpaired) electrons. The molecule has 108 valence electrons. The quantitative estimate of drug-likeness (QED) is 0.349. The van der Waals surface area contributed by atoms with Crippen LogP contribution in [0.25, 0.3) is 0 Å². The molecule has 0 aliphatic carbocycles. The molecule has 0 heterocycles. The average molecular weight is 276 g/mol. The van der Waals surface area contributed by atoms with E-state index in [1.54, 1.807) is 0 Å². The fourth-order valence-corrected chi connectivity index (χ4v) is 2.71. The monoisotopic (exact) mass is 276 g/mol. The maximum atomic E-state index is 10.7. The average Bonchev–Trinajstić information content (AvgIpc) is 2.29. The molecule has 0 rings (SSSR count). The van der Waals surface area contributed by atoms with Crippen molar-refractivity contribution < 1.29 is 13.0 Å². The van der Waals surface area contributed by atoms with Crippen molar-refractivity contribution in [3.05, 3.63) is 12.2 Å². The number of allylic oxidation sites excluding steroid dienone is 2. The Kier molecular flexibility index (Phi) is 10.4. The molecule has 18 heavy (non-hydrogen) atoms. The molecule has 0 aromatic carbocycles. The Morgan fingerprint density at radius 2 is 1.67 bits per heavy atom. The second kappa shape index (κ2) is 10.6. The molecule has 0 aromatic heterocycles. The van der Waals surface area contributed by atoms with Gasteiger partial charge in [0.1, 0.15) is 0 Å². The molecule has 0 fully saturated rings. The van der Waals surface area contributed by atoms with E-state index in [1.165, 1.54) is 6.42 Å². The molecular formula is C14H28O3S. The topological polar surface area (TPSA) is 54.4 Å². The minimum Gasteiger partial charge on any atom is -0.286 e. The van der Waals surface area contributed by atoms with Crippen LogP contribution in [0.15, 0.2) is 12.2 Å². The van der Waals surface area contributed by atoms with Crippen LogP contribution in [0.2, 0.25) is 0 Å². The Labute approximate surface area is 112 Å². The van der Waals surface area contributed by atoms with Crippen molar-refractivity contribution in [3.8, 4) is 0 Å². The second-order valence-corrected chi connectivity index (χ2v) is 6.49. The zero-order chi connectivity index (χ0) is 13.9. The summed E-state index contributed by atoms with van der Waals surface area (Å²) in [5.41, 5.74) is 0. The molecule has 3 nitrogen and oxygen atoms in total. The fourth-order valence-electron chi connectivity index (χ4n) is 2.08. The van der Waals surface area contributed by atoms with Crippen molar-refractivity contribution in [2.24, 2.45) is 5.92 Å². The minimum absolute atomic E-state index is 0.0939. The van der Waals surface area contributed by atoms with Crippen LogP contribution in [0.3, 0.4) is 0 Å². The van der Waals surface area contributed by atoms with Gasteiger partial charge in [-0.3, -0.25) is 4.55 Å². The molecule has 0 aliphatic heterocycles. The smallest absolute Gasteiger partial charge is 0.264 e. The highest BCUT2D eigenvalue weighted by Gasteiger charge is 2.12. The van der Waals surface area contributed by atoms with Crippen molar-refractivity contribution in [1.82, 2.24) is 0 Å². The largest absolute Gasteiger partial charge is 0.286 e. The van der Waals surface area contributed by atoms with E-state index < -0.39 is 10.1 Å². The highest BCUT2D eigenvalue weighted by molar-refractivity contribution is 7.85. The van der Waals surface area contributed by atoms with Crippen molar-refractivity contribution in [3.63, 3.8) is 0 Å². The molecule has 0 saturated carbocycles. The fraction of sp³-hybridized carbons (Fsp3) is 0.857. The van der Waals surface area contributed by atoms with Gasteiger partial charge < -0.3 is 0 Å². The Balaban J connectivity index is 3.82. The lowest BCUT2D eigenvalue weighted by Gasteiger charge is -2.14. The summed E-state index contributed by atoms with van der Waals surface area (Å²) in [5, 5.41) is 0. The molecule has 0 amide bonds. The second-order valence-electron chi connectivity index (χ2n) is 4.92. The zero-order valence-electron chi connectivity index (χ0n) is 11.8. The third kappa shape index (κ3) is 12.1. The number of rotatable bonds is 11. The first kappa shape index (κ1) is 17.6. The summed E-state index contributed by atoms with van der Waals surface area (Å²) in [4.78, 5) is 0. The van der Waals surface area contributed by atoms with Crippen LogP contribution < -0.4 is 0 Å². The van der Waals surface area contributed by atoms with Gasteiger partial charge in [-0.15, -0.1) is 0 Å². The first-order chi connectivity index (χ1) is 8.49. The van der Waals surface area contributed by atoms with E-state index in [9.17, 15) is 8.42 Å². The molecule has 1 unspecified atom stereocenters. The Morgan fingerprint density at radius 3 is 2.22 bits per heavy atom. The zero-order valence-corrected chi connectivity index (χ0v) is 12.6. The van der Waals surface area contributed by atoms with E-state index in [4.69, 9.17) is 4.55 Å². The van der Waals surface area contributed by atoms with Crippen molar-refractivity contribution in [1.29, 1.82) is 0 Å². The van der Waals surface area contributed by atoms with Crippen LogP contribution in [0.4, 0.5) is 0 Å². The maximum Gasteiger partial charge on any atom is 0.264 e. The lowest BCUT2D eigenvalue weighted by molar-refractivity contribution is 0.410. The van der Waals surface area contributed by atoms with Gasteiger partial charge in [0.15, 0.2) is 0 Å². The predicted molar refractivity (Wildman–Crippen MR) is 77.3 cm³/mol. The number of hydrogen-bond acceptors (Lipinski definition) is 2. The molecule has 1 N–H and O–H groups in total. The van der Waals surface area contributed by atoms with Crippen LogP contribution in [-0.2, 0) is 10.1 Å². The third-order valence-electron chi connectivity index (χ3n) is 3.09. The molecule has 0 spiro atoms. The van der Waals surface area contributed by atoms with Gasteiger partial charge in [-0.25, -0.2) is 0 Å². The molecule has 0 bridgehead atoms. The maximum absolute atomic E-state index is 10.7. The van der Waals surface area contributed by atoms with E-state index in [2.05, 4.69) is 26.0 Å². The standard InChI is InChI=1S/C14H28O3S/c1-3-5-6-7-8-9-11-14(10-4-2)12-13-18(15,16)17/h6-7,14H,3-5,8-13H2,1-2H3,(H,15,16,17). The summed E-state index contributed by atoms with van der Waals surface area (Å²) in [5.74, 6) is 0.333. The summed E-state index contributed by atoms with van der Waals surface area (Å²) >= 11 is 0. The van der Waals surface area contributed by atoms with Gasteiger partial charge in [-0.2, -0.15) is 8.42 Å². The normalized spacial score (nSPS) is 14.2. The summed E-state index contributed by atoms with van der Waals surface area (Å²) in [6.45, 7) is 4.28. The molecule has 0 aliphatic rings. The van der Waals surface area contributed by atoms with Gasteiger partial charge in [0.05, 0.1) is 5.75 Å². The number of unbranched alkanes of at least 4 members (excludes halogenated alkanes) is 2. The van der Waals surface area contributed by atoms with Crippen LogP contribution in [0.5, 0.6) is 0 Å². The summed E-state index contributed by atoms with van der Waals surface area (Å²) in [6.07, 6.45) is 12.7. The summed E-state index contributed by atoms with van der Waals surface area (Å²) < 4.78 is 30.2. The molecule has 0 aromatic rings. The highest BCUT2D eigenvalue weighted by atomic mass is 32.2. The van der Waals surface area contributed by atoms with Crippen molar-refractivity contribution in [2.45, 2.75) is 65.2 Å². The van der Waals surface area contributed by atoms with E-state index >= 15 is 0 Å². The van der Waals surface area contributed by atoms with Crippen LogP contribution in [0, 0.1) is 5.92 Å². The first-order valence-corrected chi connectivity index (χ1v) is 8.70. The van der Waals surface area contributed by atoms with E-state index in [-0.39, 0.29) is 5.75 Å². The Morgan fingerprint density at radius 1 is 1.00 bits per heavy atom. The first-order valence-electron chi connectivity index (χ1n) is 7.09. The highest BCUT2D eigenvalue weighted by Crippen LogP contribution is 2.19. The van der Waals surface area contributed by atoms with Gasteiger partial charge in [-0.1, -0.05) is 51.7 Å². The van der Waals surface area contributed by atoms with Crippen molar-refractivity contribution >= 4 is 10.1 Å². The van der Waals surface area contributed by atoms with Gasteiger partial charge >= 0.3 is 0 Å². The SMILES string of the molecule is CCCC=CCCCC(CCC)CCS(=O)(=O)O. The van der Waals surface area contributed by atoms with Gasteiger partial charge in [-0.05, 0) is 31.6 Å². The van der Waals surface area contributed by atoms with Crippen LogP contribution in [-0.4, -0.2) is 18.7 Å². The van der Waals surface area contributed by atoms with E-state index in [1.807, 2.05) is 0 Å². The molecule has 1 atom stereocenters. The Bertz CT molecular complexity index is 307. The minimum atomic E-state index is -3.79. The lowest BCUT2D eigenvalue weighted by atomic mass is 9.94. The number of hydrogen-bond donors (Lipinski definition) is 1. The molecular weight excluding hydrogens is 248 g/mol. The van der Waals surface area contributed by atoms with Gasteiger partial charge in [0.2, 0.25) is 0 Å². The lowest BCUT2D eigenvalue weighted by Crippen LogP contribution is -2.10. The van der Waals surface area contributed by atoms with Crippen LogP contribution in [0.1, 0.15) is 65.2 Å². The van der Waals surface area contributed by atoms with Crippen molar-refractivity contribution in [2.75, 3.05) is 5.75 Å². The van der Waals surface area contributed by atoms with E-state index in [0.717, 1.165) is 38.5 Å². The molecule has 0 saturated heterocycles. The predicted octanol–water partition coefficient (Wildman–Crippen LogP) is 4.21. The third-order valence-corrected chi connectivity index (χ3v) is 3.84. The van der Waals surface area contributed by atoms with Gasteiger partial charge in [0.25, 0.3) is 10.1 Å².